The Bertz CT molecular complexity index is 616. The maximum Gasteiger partial charge on any atom is 0.236 e. The van der Waals surface area contributed by atoms with Gasteiger partial charge in [0.1, 0.15) is 4.34 Å². The Morgan fingerprint density at radius 1 is 1.21 bits per heavy atom. The third-order valence-corrected chi connectivity index (χ3v) is 7.08. The van der Waals surface area contributed by atoms with E-state index < -0.39 is 0 Å². The number of likely N-dealkylation sites (tertiary alicyclic amines) is 1. The molecule has 1 aromatic rings. The SMILES string of the molecule is CCNC(=NCCCSc1nccs1)N1CCN(CC(=O)N2CCCC2)CC1.I. The van der Waals surface area contributed by atoms with Crippen molar-refractivity contribution >= 4 is 58.9 Å². The predicted molar refractivity (Wildman–Crippen MR) is 133 cm³/mol. The van der Waals surface area contributed by atoms with Crippen LogP contribution in [0, 0.1) is 0 Å². The van der Waals surface area contributed by atoms with Gasteiger partial charge in [-0.3, -0.25) is 14.7 Å². The average Bonchev–Trinajstić information content (AvgIpc) is 3.42. The van der Waals surface area contributed by atoms with E-state index in [0.717, 1.165) is 87.7 Å². The Labute approximate surface area is 199 Å². The summed E-state index contributed by atoms with van der Waals surface area (Å²) in [5.74, 6) is 2.35. The Balaban J connectivity index is 0.00000300. The molecule has 3 rings (SSSR count). The van der Waals surface area contributed by atoms with Gasteiger partial charge in [0.05, 0.1) is 6.54 Å². The third-order valence-electron chi connectivity index (χ3n) is 5.02. The quantitative estimate of drug-likeness (QED) is 0.176. The van der Waals surface area contributed by atoms with Crippen molar-refractivity contribution in [1.82, 2.24) is 25.0 Å². The molecule has 0 spiro atoms. The number of aromatic nitrogens is 1. The van der Waals surface area contributed by atoms with Gasteiger partial charge in [0.15, 0.2) is 5.96 Å². The second-order valence-corrected chi connectivity index (χ2v) is 9.32. The second-order valence-electron chi connectivity index (χ2n) is 7.09. The van der Waals surface area contributed by atoms with E-state index in [1.165, 1.54) is 0 Å². The van der Waals surface area contributed by atoms with E-state index in [1.54, 1.807) is 23.1 Å². The van der Waals surface area contributed by atoms with Crippen molar-refractivity contribution in [3.8, 4) is 0 Å². The summed E-state index contributed by atoms with van der Waals surface area (Å²) in [6, 6.07) is 0. The summed E-state index contributed by atoms with van der Waals surface area (Å²) in [4.78, 5) is 28.1. The van der Waals surface area contributed by atoms with Crippen LogP contribution in [0.25, 0.3) is 0 Å². The minimum atomic E-state index is 0. The van der Waals surface area contributed by atoms with Crippen molar-refractivity contribution in [2.75, 3.05) is 64.7 Å². The summed E-state index contributed by atoms with van der Waals surface area (Å²) < 4.78 is 1.13. The number of thiazole rings is 1. The van der Waals surface area contributed by atoms with E-state index in [-0.39, 0.29) is 24.0 Å². The molecule has 0 bridgehead atoms. The molecule has 1 amide bonds. The standard InChI is InChI=1S/C19H32N6OS2.HI/c1-2-20-18(21-6-5-14-27-19-22-7-15-28-19)25-12-10-23(11-13-25)16-17(26)24-8-3-4-9-24;/h7,15H,2-6,8-14,16H2,1H3,(H,20,21);1H. The van der Waals surface area contributed by atoms with Crippen molar-refractivity contribution in [3.05, 3.63) is 11.6 Å². The van der Waals surface area contributed by atoms with E-state index in [1.807, 2.05) is 16.5 Å². The number of amides is 1. The van der Waals surface area contributed by atoms with Crippen LogP contribution in [0.5, 0.6) is 0 Å². The molecule has 0 aliphatic carbocycles. The van der Waals surface area contributed by atoms with E-state index in [4.69, 9.17) is 4.99 Å². The first-order chi connectivity index (χ1) is 13.8. The number of aliphatic imine (C=N–C) groups is 1. The van der Waals surface area contributed by atoms with Gasteiger partial charge in [-0.15, -0.1) is 35.3 Å². The highest BCUT2D eigenvalue weighted by atomic mass is 127. The molecule has 2 aliphatic rings. The lowest BCUT2D eigenvalue weighted by molar-refractivity contribution is -0.131. The summed E-state index contributed by atoms with van der Waals surface area (Å²) >= 11 is 3.50. The Kier molecular flexibility index (Phi) is 11.6. The normalized spacial score (nSPS) is 18.0. The Hall–Kier alpha value is -0.590. The van der Waals surface area contributed by atoms with Gasteiger partial charge in [-0.25, -0.2) is 4.98 Å². The number of halogens is 1. The minimum Gasteiger partial charge on any atom is -0.357 e. The maximum atomic E-state index is 12.3. The molecule has 2 fully saturated rings. The summed E-state index contributed by atoms with van der Waals surface area (Å²) in [7, 11) is 0. The molecule has 0 atom stereocenters. The van der Waals surface area contributed by atoms with E-state index >= 15 is 0 Å². The summed E-state index contributed by atoms with van der Waals surface area (Å²) in [6.07, 6.45) is 5.21. The zero-order valence-electron chi connectivity index (χ0n) is 17.2. The van der Waals surface area contributed by atoms with Gasteiger partial charge in [-0.2, -0.15) is 0 Å². The number of rotatable bonds is 8. The minimum absolute atomic E-state index is 0. The first-order valence-electron chi connectivity index (χ1n) is 10.3. The lowest BCUT2D eigenvalue weighted by Crippen LogP contribution is -2.54. The first-order valence-corrected chi connectivity index (χ1v) is 12.2. The zero-order valence-corrected chi connectivity index (χ0v) is 21.2. The largest absolute Gasteiger partial charge is 0.357 e. The van der Waals surface area contributed by atoms with Crippen molar-refractivity contribution in [2.24, 2.45) is 4.99 Å². The molecule has 0 unspecified atom stereocenters. The van der Waals surface area contributed by atoms with Crippen molar-refractivity contribution in [1.29, 1.82) is 0 Å². The van der Waals surface area contributed by atoms with Gasteiger partial charge in [0.2, 0.25) is 5.91 Å². The molecular weight excluding hydrogens is 519 g/mol. The lowest BCUT2D eigenvalue weighted by Gasteiger charge is -2.36. The van der Waals surface area contributed by atoms with Crippen molar-refractivity contribution in [2.45, 2.75) is 30.5 Å². The highest BCUT2D eigenvalue weighted by Crippen LogP contribution is 2.20. The van der Waals surface area contributed by atoms with E-state index in [2.05, 4.69) is 27.0 Å². The summed E-state index contributed by atoms with van der Waals surface area (Å²) in [5, 5.41) is 5.44. The van der Waals surface area contributed by atoms with Crippen LogP contribution in [0.1, 0.15) is 26.2 Å². The third kappa shape index (κ3) is 8.22. The fourth-order valence-corrected chi connectivity index (χ4v) is 5.12. The molecule has 10 heteroatoms. The average molecular weight is 553 g/mol. The molecule has 0 radical (unpaired) electrons. The molecule has 7 nitrogen and oxygen atoms in total. The molecular formula is C19H33IN6OS2. The van der Waals surface area contributed by atoms with Crippen LogP contribution in [-0.2, 0) is 4.79 Å². The topological polar surface area (TPSA) is 64.1 Å². The summed E-state index contributed by atoms with van der Waals surface area (Å²) in [6.45, 7) is 9.95. The fraction of sp³-hybridized carbons (Fsp3) is 0.737. The van der Waals surface area contributed by atoms with E-state index in [0.29, 0.717) is 12.5 Å². The predicted octanol–water partition coefficient (Wildman–Crippen LogP) is 2.45. The summed E-state index contributed by atoms with van der Waals surface area (Å²) in [5.41, 5.74) is 0. The highest BCUT2D eigenvalue weighted by Gasteiger charge is 2.24. The number of carbonyl (C=O) groups excluding carboxylic acids is 1. The number of hydrogen-bond acceptors (Lipinski definition) is 6. The van der Waals surface area contributed by atoms with Crippen LogP contribution in [0.3, 0.4) is 0 Å². The number of thioether (sulfide) groups is 1. The van der Waals surface area contributed by atoms with Crippen LogP contribution >= 0.6 is 47.1 Å². The van der Waals surface area contributed by atoms with Gasteiger partial charge in [-0.1, -0.05) is 11.8 Å². The lowest BCUT2D eigenvalue weighted by atomic mass is 10.3. The van der Waals surface area contributed by atoms with Gasteiger partial charge < -0.3 is 15.1 Å². The van der Waals surface area contributed by atoms with Gasteiger partial charge in [0, 0.05) is 69.7 Å². The second kappa shape index (κ2) is 13.7. The Morgan fingerprint density at radius 2 is 1.97 bits per heavy atom. The van der Waals surface area contributed by atoms with Crippen LogP contribution in [-0.4, -0.2) is 96.2 Å². The van der Waals surface area contributed by atoms with Crippen molar-refractivity contribution in [3.63, 3.8) is 0 Å². The maximum absolute atomic E-state index is 12.3. The molecule has 2 saturated heterocycles. The number of nitrogens with one attached hydrogen (secondary N) is 1. The molecule has 1 N–H and O–H groups in total. The molecule has 3 heterocycles. The molecule has 0 saturated carbocycles. The van der Waals surface area contributed by atoms with Gasteiger partial charge in [0.25, 0.3) is 0 Å². The number of piperazine rings is 1. The molecule has 164 valence electrons. The first kappa shape index (κ1) is 24.7. The van der Waals surface area contributed by atoms with Crippen molar-refractivity contribution < 1.29 is 4.79 Å². The highest BCUT2D eigenvalue weighted by molar-refractivity contribution is 14.0. The molecule has 2 aliphatic heterocycles. The Morgan fingerprint density at radius 3 is 2.62 bits per heavy atom. The number of nitrogens with zero attached hydrogens (tertiary/aromatic N) is 5. The number of guanidine groups is 1. The van der Waals surface area contributed by atoms with Gasteiger partial charge >= 0.3 is 0 Å². The van der Waals surface area contributed by atoms with Crippen LogP contribution in [0.4, 0.5) is 0 Å². The number of carbonyl (C=O) groups is 1. The molecule has 29 heavy (non-hydrogen) atoms. The van der Waals surface area contributed by atoms with Crippen LogP contribution < -0.4 is 5.32 Å². The van der Waals surface area contributed by atoms with Crippen LogP contribution in [0.15, 0.2) is 20.9 Å². The smallest absolute Gasteiger partial charge is 0.236 e. The van der Waals surface area contributed by atoms with Gasteiger partial charge in [-0.05, 0) is 26.2 Å². The molecule has 0 aromatic carbocycles. The van der Waals surface area contributed by atoms with Crippen LogP contribution in [0.2, 0.25) is 0 Å². The monoisotopic (exact) mass is 552 g/mol. The number of hydrogen-bond donors (Lipinski definition) is 1. The zero-order chi connectivity index (χ0) is 19.6. The van der Waals surface area contributed by atoms with E-state index in [9.17, 15) is 4.79 Å². The molecule has 1 aromatic heterocycles. The fourth-order valence-electron chi connectivity index (χ4n) is 3.49.